The van der Waals surface area contributed by atoms with Crippen molar-refractivity contribution in [1.82, 2.24) is 5.32 Å². The molecular formula is C25H27ClNNaO7S. The first-order valence-corrected chi connectivity index (χ1v) is 12.5. The van der Waals surface area contributed by atoms with Gasteiger partial charge in [-0.2, -0.15) is 0 Å². The number of hydrogen-bond acceptors (Lipinski definition) is 7. The van der Waals surface area contributed by atoms with E-state index in [0.717, 1.165) is 17.7 Å². The Bertz CT molecular complexity index is 1320. The largest absolute Gasteiger partial charge is 1.00 e. The minimum atomic E-state index is -4.11. The summed E-state index contributed by atoms with van der Waals surface area (Å²) >= 11 is 5.97. The SMILES string of the molecule is COc1cc(O)c(C(=O)O)cc1S(=O)(=O)c1ccc(C[C@@H](C)NC[C@@H](O)c2cccc(Cl)c2)cc1.[H-].[Na+]. The predicted molar refractivity (Wildman–Crippen MR) is 132 cm³/mol. The summed E-state index contributed by atoms with van der Waals surface area (Å²) in [5.41, 5.74) is 1.04. The summed E-state index contributed by atoms with van der Waals surface area (Å²) in [6.07, 6.45) is -0.145. The van der Waals surface area contributed by atoms with Crippen molar-refractivity contribution < 1.29 is 64.3 Å². The fourth-order valence-electron chi connectivity index (χ4n) is 3.59. The van der Waals surface area contributed by atoms with Crippen molar-refractivity contribution in [3.63, 3.8) is 0 Å². The molecule has 0 unspecified atom stereocenters. The second-order valence-electron chi connectivity index (χ2n) is 8.06. The number of phenols is 1. The van der Waals surface area contributed by atoms with Crippen molar-refractivity contribution in [2.24, 2.45) is 0 Å². The summed E-state index contributed by atoms with van der Waals surface area (Å²) in [4.78, 5) is 11.0. The van der Waals surface area contributed by atoms with Gasteiger partial charge in [0.25, 0.3) is 0 Å². The monoisotopic (exact) mass is 543 g/mol. The zero-order chi connectivity index (χ0) is 25.8. The molecule has 3 aromatic rings. The number of aromatic carboxylic acids is 1. The van der Waals surface area contributed by atoms with Gasteiger partial charge in [0, 0.05) is 23.7 Å². The molecule has 0 spiro atoms. The molecule has 0 saturated heterocycles. The van der Waals surface area contributed by atoms with E-state index in [4.69, 9.17) is 16.3 Å². The number of methoxy groups -OCH3 is 1. The Balaban J connectivity index is 0.00000342. The summed E-state index contributed by atoms with van der Waals surface area (Å²) < 4.78 is 31.4. The van der Waals surface area contributed by atoms with E-state index in [2.05, 4.69) is 5.32 Å². The molecule has 0 saturated carbocycles. The third-order valence-electron chi connectivity index (χ3n) is 5.47. The topological polar surface area (TPSA) is 133 Å². The maximum atomic E-state index is 13.2. The number of aliphatic hydroxyl groups is 1. The van der Waals surface area contributed by atoms with Crippen LogP contribution in [0.5, 0.6) is 11.5 Å². The number of nitrogens with one attached hydrogen (secondary N) is 1. The minimum Gasteiger partial charge on any atom is -1.00 e. The first-order chi connectivity index (χ1) is 16.5. The van der Waals surface area contributed by atoms with Crippen molar-refractivity contribution in [3.8, 4) is 11.5 Å². The Morgan fingerprint density at radius 1 is 1.14 bits per heavy atom. The van der Waals surface area contributed by atoms with Gasteiger partial charge in [0.1, 0.15) is 22.0 Å². The van der Waals surface area contributed by atoms with Crippen LogP contribution in [0.2, 0.25) is 5.02 Å². The van der Waals surface area contributed by atoms with Crippen LogP contribution in [0.4, 0.5) is 0 Å². The Hall–Kier alpha value is -2.11. The van der Waals surface area contributed by atoms with Crippen molar-refractivity contribution >= 4 is 27.4 Å². The molecule has 3 aromatic carbocycles. The van der Waals surface area contributed by atoms with E-state index in [1.54, 1.807) is 36.4 Å². The standard InChI is InChI=1S/C25H26ClNO7S.Na.H/c1-15(27-14-22(29)17-4-3-5-18(26)11-17)10-16-6-8-19(9-7-16)35(32,33)24-12-20(25(30)31)21(28)13-23(24)34-2;;/h3-9,11-13,15,22,27-29H,10,14H2,1-2H3,(H,30,31);;/q;+1;-1/t15-,22-;;/m1../s1. The van der Waals surface area contributed by atoms with Crippen molar-refractivity contribution in [2.45, 2.75) is 35.3 Å². The summed E-state index contributed by atoms with van der Waals surface area (Å²) in [6.45, 7) is 2.27. The number of aromatic hydroxyl groups is 1. The average Bonchev–Trinajstić information content (AvgIpc) is 2.82. The third-order valence-corrected chi connectivity index (χ3v) is 7.50. The van der Waals surface area contributed by atoms with Crippen LogP contribution in [0.15, 0.2) is 70.5 Å². The molecule has 0 aliphatic carbocycles. The first-order valence-electron chi connectivity index (χ1n) is 10.7. The van der Waals surface area contributed by atoms with Gasteiger partial charge < -0.3 is 26.8 Å². The zero-order valence-electron chi connectivity index (χ0n) is 21.1. The van der Waals surface area contributed by atoms with Gasteiger partial charge in [-0.05, 0) is 54.8 Å². The number of rotatable bonds is 10. The van der Waals surface area contributed by atoms with Crippen LogP contribution in [0.25, 0.3) is 0 Å². The molecule has 0 heterocycles. The molecule has 4 N–H and O–H groups in total. The van der Waals surface area contributed by atoms with Crippen LogP contribution < -0.4 is 39.6 Å². The van der Waals surface area contributed by atoms with Crippen molar-refractivity contribution in [2.75, 3.05) is 13.7 Å². The first kappa shape index (κ1) is 30.1. The molecule has 0 bridgehead atoms. The number of carbonyl (C=O) groups is 1. The van der Waals surface area contributed by atoms with E-state index in [1.165, 1.54) is 19.2 Å². The smallest absolute Gasteiger partial charge is 1.00 e. The maximum Gasteiger partial charge on any atom is 1.00 e. The fraction of sp³-hybridized carbons (Fsp3) is 0.240. The van der Waals surface area contributed by atoms with Crippen molar-refractivity contribution in [3.05, 3.63) is 82.4 Å². The molecule has 0 aliphatic heterocycles. The van der Waals surface area contributed by atoms with Gasteiger partial charge in [0.05, 0.1) is 18.1 Å². The number of benzene rings is 3. The summed E-state index contributed by atoms with van der Waals surface area (Å²) in [7, 11) is -2.88. The van der Waals surface area contributed by atoms with Gasteiger partial charge in [-0.3, -0.25) is 0 Å². The molecule has 0 aliphatic rings. The normalized spacial score (nSPS) is 12.9. The summed E-state index contributed by atoms with van der Waals surface area (Å²) in [5.74, 6) is -2.21. The van der Waals surface area contributed by atoms with Crippen LogP contribution in [-0.4, -0.2) is 49.4 Å². The summed E-state index contributed by atoms with van der Waals surface area (Å²) in [6, 6.07) is 15.1. The average molecular weight is 544 g/mol. The minimum absolute atomic E-state index is 0. The van der Waals surface area contributed by atoms with E-state index in [9.17, 15) is 28.5 Å². The van der Waals surface area contributed by atoms with Gasteiger partial charge in [-0.1, -0.05) is 35.9 Å². The Morgan fingerprint density at radius 3 is 2.39 bits per heavy atom. The third kappa shape index (κ3) is 7.23. The van der Waals surface area contributed by atoms with E-state index in [-0.39, 0.29) is 52.6 Å². The number of carboxylic acid groups (broad SMARTS) is 1. The van der Waals surface area contributed by atoms with Crippen molar-refractivity contribution in [1.29, 1.82) is 0 Å². The molecule has 0 amide bonds. The molecule has 188 valence electrons. The second-order valence-corrected chi connectivity index (χ2v) is 10.4. The Labute approximate surface area is 238 Å². The molecule has 11 heteroatoms. The van der Waals surface area contributed by atoms with Crippen LogP contribution >= 0.6 is 11.6 Å². The number of carboxylic acids is 1. The van der Waals surface area contributed by atoms with E-state index in [0.29, 0.717) is 23.6 Å². The molecule has 3 rings (SSSR count). The van der Waals surface area contributed by atoms with Crippen LogP contribution in [0.1, 0.15) is 35.9 Å². The van der Waals surface area contributed by atoms with E-state index >= 15 is 0 Å². The van der Waals surface area contributed by atoms with Gasteiger partial charge in [-0.25, -0.2) is 13.2 Å². The number of aliphatic hydroxyl groups excluding tert-OH is 1. The Kier molecular flexibility index (Phi) is 10.8. The van der Waals surface area contributed by atoms with Crippen LogP contribution in [0, 0.1) is 0 Å². The molecule has 8 nitrogen and oxygen atoms in total. The molecular weight excluding hydrogens is 517 g/mol. The molecule has 0 aromatic heterocycles. The molecule has 36 heavy (non-hydrogen) atoms. The zero-order valence-corrected chi connectivity index (χ0v) is 23.7. The number of ether oxygens (including phenoxy) is 1. The number of hydrogen-bond donors (Lipinski definition) is 4. The van der Waals surface area contributed by atoms with E-state index < -0.39 is 33.2 Å². The van der Waals surface area contributed by atoms with Gasteiger partial charge in [0.15, 0.2) is 0 Å². The summed E-state index contributed by atoms with van der Waals surface area (Å²) in [5, 5.41) is 33.2. The Morgan fingerprint density at radius 2 is 1.81 bits per heavy atom. The van der Waals surface area contributed by atoms with Crippen LogP contribution in [-0.2, 0) is 16.3 Å². The van der Waals surface area contributed by atoms with Gasteiger partial charge in [-0.15, -0.1) is 0 Å². The van der Waals surface area contributed by atoms with Gasteiger partial charge >= 0.3 is 35.5 Å². The van der Waals surface area contributed by atoms with Crippen LogP contribution in [0.3, 0.4) is 0 Å². The fourth-order valence-corrected chi connectivity index (χ4v) is 5.22. The quantitative estimate of drug-likeness (QED) is 0.278. The predicted octanol–water partition coefficient (Wildman–Crippen LogP) is 0.956. The second kappa shape index (κ2) is 12.9. The molecule has 0 radical (unpaired) electrons. The number of sulfone groups is 1. The van der Waals surface area contributed by atoms with E-state index in [1.807, 2.05) is 6.92 Å². The van der Waals surface area contributed by atoms with Gasteiger partial charge in [0.2, 0.25) is 9.84 Å². The molecule has 2 atom stereocenters. The maximum absolute atomic E-state index is 13.2. The molecule has 0 fully saturated rings. The number of halogens is 1.